The first-order valence-electron chi connectivity index (χ1n) is 10.6. The van der Waals surface area contributed by atoms with Crippen molar-refractivity contribution in [2.45, 2.75) is 58.6 Å². The molecule has 1 aliphatic heterocycles. The molecule has 6 nitrogen and oxygen atoms in total. The van der Waals surface area contributed by atoms with E-state index in [1.807, 2.05) is 58.0 Å². The van der Waals surface area contributed by atoms with Crippen molar-refractivity contribution in [2.24, 2.45) is 5.92 Å². The zero-order chi connectivity index (χ0) is 21.7. The first-order chi connectivity index (χ1) is 14.2. The number of furan rings is 1. The van der Waals surface area contributed by atoms with Gasteiger partial charge in [-0.2, -0.15) is 0 Å². The highest BCUT2D eigenvalue weighted by atomic mass is 16.6. The number of piperidine rings is 1. The standard InChI is InChI=1S/C24H32N2O4/c1-17-10-11-21(29-17)22(27)25-20(19-8-6-5-7-9-19)16-18-12-14-26(15-13-18)23(28)30-24(2,3)4/h5-11,18,20H,12-16H2,1-4H3,(H,25,27). The van der Waals surface area contributed by atoms with Crippen LogP contribution in [0.15, 0.2) is 46.9 Å². The summed E-state index contributed by atoms with van der Waals surface area (Å²) in [5, 5.41) is 3.14. The molecule has 2 aromatic rings. The maximum absolute atomic E-state index is 12.7. The fourth-order valence-corrected chi connectivity index (χ4v) is 3.76. The third-order valence-electron chi connectivity index (χ3n) is 5.31. The van der Waals surface area contributed by atoms with E-state index in [-0.39, 0.29) is 18.0 Å². The van der Waals surface area contributed by atoms with Gasteiger partial charge in [0.15, 0.2) is 5.76 Å². The predicted molar refractivity (Wildman–Crippen MR) is 115 cm³/mol. The molecule has 2 heterocycles. The fraction of sp³-hybridized carbons (Fsp3) is 0.500. The maximum Gasteiger partial charge on any atom is 0.410 e. The molecule has 0 aliphatic carbocycles. The lowest BCUT2D eigenvalue weighted by molar-refractivity contribution is 0.0178. The SMILES string of the molecule is Cc1ccc(C(=O)NC(CC2CCN(C(=O)OC(C)(C)C)CC2)c2ccccc2)o1. The normalized spacial score (nSPS) is 16.2. The highest BCUT2D eigenvalue weighted by Gasteiger charge is 2.29. The minimum absolute atomic E-state index is 0.109. The molecule has 0 bridgehead atoms. The second kappa shape index (κ2) is 9.37. The molecule has 1 aromatic heterocycles. The first-order valence-corrected chi connectivity index (χ1v) is 10.6. The average molecular weight is 413 g/mol. The summed E-state index contributed by atoms with van der Waals surface area (Å²) in [6.07, 6.45) is 2.34. The number of hydrogen-bond acceptors (Lipinski definition) is 4. The molecule has 1 fully saturated rings. The molecule has 0 saturated carbocycles. The minimum atomic E-state index is -0.485. The van der Waals surface area contributed by atoms with Gasteiger partial charge in [-0.25, -0.2) is 4.79 Å². The second-order valence-electron chi connectivity index (χ2n) is 8.99. The number of ether oxygens (including phenoxy) is 1. The zero-order valence-corrected chi connectivity index (χ0v) is 18.3. The van der Waals surface area contributed by atoms with Gasteiger partial charge in [-0.15, -0.1) is 0 Å². The van der Waals surface area contributed by atoms with Gasteiger partial charge in [0.1, 0.15) is 11.4 Å². The van der Waals surface area contributed by atoms with Gasteiger partial charge in [-0.3, -0.25) is 4.79 Å². The summed E-state index contributed by atoms with van der Waals surface area (Å²) in [6.45, 7) is 8.81. The molecule has 3 rings (SSSR count). The number of nitrogens with one attached hydrogen (secondary N) is 1. The molecule has 1 N–H and O–H groups in total. The van der Waals surface area contributed by atoms with Gasteiger partial charge in [0, 0.05) is 13.1 Å². The zero-order valence-electron chi connectivity index (χ0n) is 18.3. The maximum atomic E-state index is 12.7. The van der Waals surface area contributed by atoms with Crippen LogP contribution in [0.25, 0.3) is 0 Å². The average Bonchev–Trinajstić information content (AvgIpc) is 3.14. The van der Waals surface area contributed by atoms with Gasteiger partial charge < -0.3 is 19.4 Å². The van der Waals surface area contributed by atoms with Crippen molar-refractivity contribution < 1.29 is 18.7 Å². The Kier molecular flexibility index (Phi) is 6.85. The van der Waals surface area contributed by atoms with E-state index < -0.39 is 5.60 Å². The molecule has 1 saturated heterocycles. The Morgan fingerprint density at radius 2 is 1.80 bits per heavy atom. The van der Waals surface area contributed by atoms with Gasteiger partial charge in [-0.05, 0) is 70.6 Å². The molecule has 1 aliphatic rings. The van der Waals surface area contributed by atoms with E-state index in [0.717, 1.165) is 24.8 Å². The number of hydrogen-bond donors (Lipinski definition) is 1. The lowest BCUT2D eigenvalue weighted by Gasteiger charge is -2.34. The number of benzene rings is 1. The van der Waals surface area contributed by atoms with E-state index in [1.54, 1.807) is 17.0 Å². The van der Waals surface area contributed by atoms with Crippen LogP contribution >= 0.6 is 0 Å². The smallest absolute Gasteiger partial charge is 0.410 e. The van der Waals surface area contributed by atoms with E-state index in [9.17, 15) is 9.59 Å². The number of rotatable bonds is 5. The highest BCUT2D eigenvalue weighted by Crippen LogP contribution is 2.29. The highest BCUT2D eigenvalue weighted by molar-refractivity contribution is 5.91. The van der Waals surface area contributed by atoms with Crippen LogP contribution in [-0.2, 0) is 4.74 Å². The van der Waals surface area contributed by atoms with Crippen molar-refractivity contribution in [2.75, 3.05) is 13.1 Å². The Balaban J connectivity index is 1.62. The van der Waals surface area contributed by atoms with E-state index in [0.29, 0.717) is 30.5 Å². The molecule has 6 heteroatoms. The summed E-state index contributed by atoms with van der Waals surface area (Å²) in [5.41, 5.74) is 0.588. The molecule has 1 aromatic carbocycles. The molecule has 0 radical (unpaired) electrons. The molecule has 2 amide bonds. The number of carbonyl (C=O) groups is 2. The minimum Gasteiger partial charge on any atom is -0.456 e. The van der Waals surface area contributed by atoms with Crippen molar-refractivity contribution >= 4 is 12.0 Å². The predicted octanol–water partition coefficient (Wildman–Crippen LogP) is 5.10. The van der Waals surface area contributed by atoms with E-state index in [2.05, 4.69) is 5.32 Å². The van der Waals surface area contributed by atoms with Crippen LogP contribution in [0.1, 0.15) is 68.0 Å². The van der Waals surface area contributed by atoms with Crippen molar-refractivity contribution in [1.29, 1.82) is 0 Å². The number of likely N-dealkylation sites (tertiary alicyclic amines) is 1. The van der Waals surface area contributed by atoms with E-state index >= 15 is 0 Å². The first kappa shape index (κ1) is 21.9. The fourth-order valence-electron chi connectivity index (χ4n) is 3.76. The van der Waals surface area contributed by atoms with Gasteiger partial charge in [0.25, 0.3) is 5.91 Å². The van der Waals surface area contributed by atoms with Crippen molar-refractivity contribution in [3.8, 4) is 0 Å². The van der Waals surface area contributed by atoms with E-state index in [1.165, 1.54) is 0 Å². The third kappa shape index (κ3) is 6.12. The van der Waals surface area contributed by atoms with Gasteiger partial charge >= 0.3 is 6.09 Å². The van der Waals surface area contributed by atoms with Crippen LogP contribution in [0.3, 0.4) is 0 Å². The van der Waals surface area contributed by atoms with Crippen LogP contribution < -0.4 is 5.32 Å². The Hall–Kier alpha value is -2.76. The summed E-state index contributed by atoms with van der Waals surface area (Å²) in [6, 6.07) is 13.4. The number of amides is 2. The molecule has 1 atom stereocenters. The van der Waals surface area contributed by atoms with Gasteiger partial charge in [0.05, 0.1) is 6.04 Å². The lowest BCUT2D eigenvalue weighted by atomic mass is 9.87. The second-order valence-corrected chi connectivity index (χ2v) is 8.99. The molecule has 30 heavy (non-hydrogen) atoms. The van der Waals surface area contributed by atoms with Crippen molar-refractivity contribution in [3.63, 3.8) is 0 Å². The molecule has 1 unspecified atom stereocenters. The Bertz CT molecular complexity index is 846. The topological polar surface area (TPSA) is 71.8 Å². The van der Waals surface area contributed by atoms with Crippen LogP contribution in [0, 0.1) is 12.8 Å². The largest absolute Gasteiger partial charge is 0.456 e. The number of carbonyl (C=O) groups excluding carboxylic acids is 2. The van der Waals surface area contributed by atoms with Crippen LogP contribution in [-0.4, -0.2) is 35.6 Å². The summed E-state index contributed by atoms with van der Waals surface area (Å²) in [4.78, 5) is 26.8. The Labute approximate surface area is 178 Å². The van der Waals surface area contributed by atoms with Crippen LogP contribution in [0.4, 0.5) is 4.79 Å². The summed E-state index contributed by atoms with van der Waals surface area (Å²) < 4.78 is 11.0. The Morgan fingerprint density at radius 3 is 2.37 bits per heavy atom. The van der Waals surface area contributed by atoms with Gasteiger partial charge in [0.2, 0.25) is 0 Å². The Morgan fingerprint density at radius 1 is 1.13 bits per heavy atom. The van der Waals surface area contributed by atoms with Crippen molar-refractivity contribution in [3.05, 3.63) is 59.5 Å². The molecule has 162 valence electrons. The molecular weight excluding hydrogens is 380 g/mol. The van der Waals surface area contributed by atoms with Crippen LogP contribution in [0.2, 0.25) is 0 Å². The molecule has 0 spiro atoms. The van der Waals surface area contributed by atoms with Crippen molar-refractivity contribution in [1.82, 2.24) is 10.2 Å². The quantitative estimate of drug-likeness (QED) is 0.742. The monoisotopic (exact) mass is 412 g/mol. The number of nitrogens with zero attached hydrogens (tertiary/aromatic N) is 1. The number of aryl methyl sites for hydroxylation is 1. The third-order valence-corrected chi connectivity index (χ3v) is 5.31. The summed E-state index contributed by atoms with van der Waals surface area (Å²) in [5.74, 6) is 1.25. The van der Waals surface area contributed by atoms with E-state index in [4.69, 9.17) is 9.15 Å². The summed E-state index contributed by atoms with van der Waals surface area (Å²) in [7, 11) is 0. The van der Waals surface area contributed by atoms with Gasteiger partial charge in [-0.1, -0.05) is 30.3 Å². The van der Waals surface area contributed by atoms with Crippen LogP contribution in [0.5, 0.6) is 0 Å². The summed E-state index contributed by atoms with van der Waals surface area (Å²) >= 11 is 0. The molecular formula is C24H32N2O4. The lowest BCUT2D eigenvalue weighted by Crippen LogP contribution is -2.42.